The zero-order valence-electron chi connectivity index (χ0n) is 17.1. The molecule has 5 nitrogen and oxygen atoms in total. The lowest BCUT2D eigenvalue weighted by Gasteiger charge is -2.33. The number of aromatic nitrogens is 2. The van der Waals surface area contributed by atoms with Crippen LogP contribution in [0.5, 0.6) is 0 Å². The average Bonchev–Trinajstić information content (AvgIpc) is 2.80. The molecule has 0 saturated carbocycles. The Morgan fingerprint density at radius 2 is 1.87 bits per heavy atom. The third-order valence-electron chi connectivity index (χ3n) is 5.28. The first-order valence-corrected chi connectivity index (χ1v) is 11.1. The number of carbonyl (C=O) groups excluding carboxylic acids is 1. The predicted octanol–water partition coefficient (Wildman–Crippen LogP) is 4.47. The van der Waals surface area contributed by atoms with Crippen molar-refractivity contribution in [3.8, 4) is 0 Å². The lowest BCUT2D eigenvalue weighted by atomic mass is 9.97. The number of nitrogens with zero attached hydrogens (tertiary/aromatic N) is 3. The number of aryl methyl sites for hydroxylation is 1. The van der Waals surface area contributed by atoms with E-state index in [4.69, 9.17) is 0 Å². The van der Waals surface area contributed by atoms with Gasteiger partial charge in [-0.25, -0.2) is 9.97 Å². The molecule has 1 atom stereocenters. The van der Waals surface area contributed by atoms with Gasteiger partial charge in [-0.1, -0.05) is 59.8 Å². The highest BCUT2D eigenvalue weighted by Gasteiger charge is 2.28. The summed E-state index contributed by atoms with van der Waals surface area (Å²) in [7, 11) is 0. The van der Waals surface area contributed by atoms with Crippen LogP contribution < -0.4 is 10.2 Å². The van der Waals surface area contributed by atoms with Crippen LogP contribution in [0.15, 0.2) is 76.9 Å². The molecule has 4 rings (SSSR count). The van der Waals surface area contributed by atoms with Crippen molar-refractivity contribution in [2.45, 2.75) is 36.2 Å². The molecule has 1 fully saturated rings. The molecule has 6 heteroatoms. The molecule has 2 aromatic carbocycles. The van der Waals surface area contributed by atoms with Crippen molar-refractivity contribution >= 4 is 23.5 Å². The molecule has 3 aromatic rings. The quantitative estimate of drug-likeness (QED) is 0.640. The summed E-state index contributed by atoms with van der Waals surface area (Å²) in [5, 5.41) is 3.97. The van der Waals surface area contributed by atoms with Crippen LogP contribution in [-0.2, 0) is 11.3 Å². The number of carbonyl (C=O) groups is 1. The van der Waals surface area contributed by atoms with Crippen molar-refractivity contribution in [3.05, 3.63) is 78.1 Å². The first-order chi connectivity index (χ1) is 14.7. The highest BCUT2D eigenvalue weighted by atomic mass is 32.2. The Hall–Kier alpha value is -2.86. The van der Waals surface area contributed by atoms with Gasteiger partial charge in [0.05, 0.1) is 5.92 Å². The van der Waals surface area contributed by atoms with Crippen LogP contribution in [0.4, 0.5) is 5.82 Å². The summed E-state index contributed by atoms with van der Waals surface area (Å²) in [6, 6.07) is 18.4. The van der Waals surface area contributed by atoms with Crippen LogP contribution in [0.25, 0.3) is 0 Å². The highest BCUT2D eigenvalue weighted by Crippen LogP contribution is 2.34. The Labute approximate surface area is 181 Å². The van der Waals surface area contributed by atoms with Gasteiger partial charge in [-0.15, -0.1) is 0 Å². The van der Waals surface area contributed by atoms with Gasteiger partial charge in [0.1, 0.15) is 5.03 Å². The lowest BCUT2D eigenvalue weighted by Crippen LogP contribution is -2.43. The van der Waals surface area contributed by atoms with Crippen molar-refractivity contribution in [3.63, 3.8) is 0 Å². The first-order valence-electron chi connectivity index (χ1n) is 10.3. The minimum Gasteiger partial charge on any atom is -0.354 e. The molecule has 2 heterocycles. The van der Waals surface area contributed by atoms with E-state index in [0.29, 0.717) is 13.1 Å². The smallest absolute Gasteiger partial charge is 0.225 e. The average molecular weight is 419 g/mol. The zero-order valence-corrected chi connectivity index (χ0v) is 17.9. The minimum absolute atomic E-state index is 0.0401. The third-order valence-corrected chi connectivity index (χ3v) is 6.27. The van der Waals surface area contributed by atoms with Gasteiger partial charge in [-0.3, -0.25) is 4.79 Å². The van der Waals surface area contributed by atoms with Gasteiger partial charge >= 0.3 is 0 Å². The molecule has 0 bridgehead atoms. The van der Waals surface area contributed by atoms with Crippen LogP contribution in [0.3, 0.4) is 0 Å². The van der Waals surface area contributed by atoms with Crippen LogP contribution in [-0.4, -0.2) is 29.0 Å². The van der Waals surface area contributed by atoms with Crippen molar-refractivity contribution in [2.24, 2.45) is 5.92 Å². The Bertz CT molecular complexity index is 978. The van der Waals surface area contributed by atoms with Crippen molar-refractivity contribution in [1.29, 1.82) is 0 Å². The molecule has 154 valence electrons. The van der Waals surface area contributed by atoms with E-state index in [1.54, 1.807) is 24.2 Å². The minimum atomic E-state index is -0.0401. The molecule has 0 radical (unpaired) electrons. The second-order valence-electron chi connectivity index (χ2n) is 7.59. The number of piperidine rings is 1. The van der Waals surface area contributed by atoms with Gasteiger partial charge in [0.2, 0.25) is 5.91 Å². The Kier molecular flexibility index (Phi) is 6.64. The SMILES string of the molecule is Cc1ccc(Sc2nccnc2N2CCC[C@@H](C(=O)NCc3ccccc3)C2)cc1. The number of rotatable bonds is 6. The monoisotopic (exact) mass is 418 g/mol. The van der Waals surface area contributed by atoms with E-state index in [-0.39, 0.29) is 11.8 Å². The summed E-state index contributed by atoms with van der Waals surface area (Å²) >= 11 is 1.62. The predicted molar refractivity (Wildman–Crippen MR) is 121 cm³/mol. The van der Waals surface area contributed by atoms with E-state index in [0.717, 1.165) is 40.7 Å². The summed E-state index contributed by atoms with van der Waals surface area (Å²) in [6.07, 6.45) is 5.33. The first kappa shape index (κ1) is 20.4. The lowest BCUT2D eigenvalue weighted by molar-refractivity contribution is -0.125. The molecule has 1 aliphatic heterocycles. The maximum Gasteiger partial charge on any atom is 0.225 e. The summed E-state index contributed by atoms with van der Waals surface area (Å²) in [6.45, 7) is 4.21. The number of benzene rings is 2. The van der Waals surface area contributed by atoms with Gasteiger partial charge in [0.15, 0.2) is 5.82 Å². The number of amides is 1. The zero-order chi connectivity index (χ0) is 20.8. The van der Waals surface area contributed by atoms with Gasteiger partial charge in [-0.05, 0) is 37.5 Å². The van der Waals surface area contributed by atoms with E-state index in [1.165, 1.54) is 5.56 Å². The third kappa shape index (κ3) is 5.19. The number of hydrogen-bond donors (Lipinski definition) is 1. The second-order valence-corrected chi connectivity index (χ2v) is 8.65. The molecule has 1 aromatic heterocycles. The molecule has 1 aliphatic rings. The fourth-order valence-electron chi connectivity index (χ4n) is 3.64. The molecule has 30 heavy (non-hydrogen) atoms. The molecule has 0 unspecified atom stereocenters. The molecular formula is C24H26N4OS. The molecule has 0 aliphatic carbocycles. The van der Waals surface area contributed by atoms with E-state index in [1.807, 2.05) is 30.3 Å². The van der Waals surface area contributed by atoms with E-state index in [9.17, 15) is 4.79 Å². The molecule has 0 spiro atoms. The fraction of sp³-hybridized carbons (Fsp3) is 0.292. The summed E-state index contributed by atoms with van der Waals surface area (Å²) in [4.78, 5) is 25.3. The van der Waals surface area contributed by atoms with Crippen LogP contribution in [0, 0.1) is 12.8 Å². The van der Waals surface area contributed by atoms with E-state index in [2.05, 4.69) is 51.4 Å². The van der Waals surface area contributed by atoms with E-state index >= 15 is 0 Å². The Balaban J connectivity index is 1.43. The Morgan fingerprint density at radius 3 is 2.67 bits per heavy atom. The summed E-state index contributed by atoms with van der Waals surface area (Å²) in [5.74, 6) is 0.936. The normalized spacial score (nSPS) is 16.3. The maximum absolute atomic E-state index is 12.8. The summed E-state index contributed by atoms with van der Waals surface area (Å²) in [5.41, 5.74) is 2.35. The highest BCUT2D eigenvalue weighted by molar-refractivity contribution is 7.99. The largest absolute Gasteiger partial charge is 0.354 e. The standard InChI is InChI=1S/C24H26N4OS/c1-18-9-11-21(12-10-18)30-24-22(25-13-14-26-24)28-15-5-8-20(17-28)23(29)27-16-19-6-3-2-4-7-19/h2-4,6-7,9-14,20H,5,8,15-17H2,1H3,(H,27,29)/t20-/m1/s1. The van der Waals surface area contributed by atoms with Gasteiger partial charge < -0.3 is 10.2 Å². The van der Waals surface area contributed by atoms with Crippen molar-refractivity contribution < 1.29 is 4.79 Å². The topological polar surface area (TPSA) is 58.1 Å². The second kappa shape index (κ2) is 9.76. The van der Waals surface area contributed by atoms with Crippen LogP contribution in [0.2, 0.25) is 0 Å². The molecule has 1 N–H and O–H groups in total. The van der Waals surface area contributed by atoms with Crippen LogP contribution in [0.1, 0.15) is 24.0 Å². The molecular weight excluding hydrogens is 392 g/mol. The fourth-order valence-corrected chi connectivity index (χ4v) is 4.52. The Morgan fingerprint density at radius 1 is 1.10 bits per heavy atom. The number of anilines is 1. The van der Waals surface area contributed by atoms with E-state index < -0.39 is 0 Å². The van der Waals surface area contributed by atoms with Gasteiger partial charge in [-0.2, -0.15) is 0 Å². The van der Waals surface area contributed by atoms with Gasteiger partial charge in [0.25, 0.3) is 0 Å². The summed E-state index contributed by atoms with van der Waals surface area (Å²) < 4.78 is 0. The van der Waals surface area contributed by atoms with Crippen molar-refractivity contribution in [1.82, 2.24) is 15.3 Å². The molecule has 1 saturated heterocycles. The number of nitrogens with one attached hydrogen (secondary N) is 1. The van der Waals surface area contributed by atoms with Crippen molar-refractivity contribution in [2.75, 3.05) is 18.0 Å². The van der Waals surface area contributed by atoms with Gasteiger partial charge in [0, 0.05) is 36.9 Å². The maximum atomic E-state index is 12.8. The number of hydrogen-bond acceptors (Lipinski definition) is 5. The van der Waals surface area contributed by atoms with Crippen LogP contribution >= 0.6 is 11.8 Å². The molecule has 1 amide bonds.